The second-order valence-electron chi connectivity index (χ2n) is 7.60. The monoisotopic (exact) mass is 372 g/mol. The fraction of sp³-hybridized carbons (Fsp3) is 0.280. The number of fused-ring (bicyclic) bond motifs is 3. The van der Waals surface area contributed by atoms with E-state index in [0.29, 0.717) is 33.8 Å². The molecule has 0 amide bonds. The molecule has 2 heterocycles. The summed E-state index contributed by atoms with van der Waals surface area (Å²) in [5.74, 6) is -1.09. The molecule has 0 bridgehead atoms. The molecule has 0 saturated heterocycles. The highest BCUT2D eigenvalue weighted by atomic mass is 16.3. The van der Waals surface area contributed by atoms with Crippen molar-refractivity contribution in [3.8, 4) is 11.3 Å². The first-order valence-corrected chi connectivity index (χ1v) is 9.32. The predicted octanol–water partition coefficient (Wildman–Crippen LogP) is 6.68. The topological polar surface area (TPSA) is 21.4 Å². The van der Waals surface area contributed by atoms with Crippen LogP contribution in [0.15, 0.2) is 40.8 Å². The molecule has 0 aliphatic carbocycles. The number of aryl methyl sites for hydroxylation is 2. The summed E-state index contributed by atoms with van der Waals surface area (Å²) in [6.07, 6.45) is 0. The molecule has 2 aromatic heterocycles. The van der Waals surface area contributed by atoms with Crippen molar-refractivity contribution < 1.29 is 13.1 Å². The summed E-state index contributed by atoms with van der Waals surface area (Å²) in [5, 5.41) is 1.90. The van der Waals surface area contributed by atoms with E-state index in [1.54, 1.807) is 26.0 Å². The summed E-state index contributed by atoms with van der Waals surface area (Å²) in [4.78, 5) is 3.51. The van der Waals surface area contributed by atoms with Gasteiger partial charge in [-0.1, -0.05) is 32.0 Å². The van der Waals surface area contributed by atoms with Crippen molar-refractivity contribution in [2.75, 3.05) is 0 Å². The van der Waals surface area contributed by atoms with Crippen LogP contribution in [0.1, 0.15) is 46.2 Å². The van der Waals surface area contributed by atoms with Crippen molar-refractivity contribution in [1.29, 1.82) is 0 Å². The number of hydrogen-bond donors (Lipinski definition) is 0. The molecule has 0 atom stereocenters. The maximum atomic E-state index is 9.00. The van der Waals surface area contributed by atoms with Crippen LogP contribution >= 0.6 is 0 Å². The molecule has 4 rings (SSSR count). The van der Waals surface area contributed by atoms with E-state index in [0.717, 1.165) is 27.5 Å². The lowest BCUT2D eigenvalue weighted by Gasteiger charge is -2.12. The Morgan fingerprint density at radius 1 is 1.14 bits per heavy atom. The summed E-state index contributed by atoms with van der Waals surface area (Å²) in [6.45, 7) is 16.6. The van der Waals surface area contributed by atoms with Gasteiger partial charge >= 0.3 is 0 Å². The van der Waals surface area contributed by atoms with E-state index >= 15 is 0 Å². The fourth-order valence-electron chi connectivity index (χ4n) is 3.81. The normalized spacial score (nSPS) is 13.4. The van der Waals surface area contributed by atoms with Gasteiger partial charge in [-0.3, -0.25) is 0 Å². The van der Waals surface area contributed by atoms with Crippen molar-refractivity contribution in [3.63, 3.8) is 0 Å². The van der Waals surface area contributed by atoms with Crippen molar-refractivity contribution in [3.05, 3.63) is 70.2 Å². The van der Waals surface area contributed by atoms with Crippen LogP contribution < -0.4 is 4.57 Å². The number of nitrogens with zero attached hydrogens (tertiary/aromatic N) is 2. The molecule has 0 saturated carbocycles. The Morgan fingerprint density at radius 3 is 2.57 bits per heavy atom. The molecule has 0 radical (unpaired) electrons. The first-order chi connectivity index (χ1) is 14.5. The molecule has 3 nitrogen and oxygen atoms in total. The van der Waals surface area contributed by atoms with Crippen LogP contribution in [0, 0.1) is 27.3 Å². The largest absolute Gasteiger partial charge is 0.456 e. The molecule has 2 aromatic carbocycles. The molecule has 0 aliphatic heterocycles. The zero-order chi connectivity index (χ0) is 22.8. The van der Waals surface area contributed by atoms with E-state index in [1.165, 1.54) is 0 Å². The van der Waals surface area contributed by atoms with Gasteiger partial charge in [-0.15, -0.1) is 0 Å². The molecular formula is C25H25N2O+. The summed E-state index contributed by atoms with van der Waals surface area (Å²) in [6, 6.07) is 7.94. The Kier molecular flexibility index (Phi) is 3.45. The molecule has 28 heavy (non-hydrogen) atoms. The first-order valence-electron chi connectivity index (χ1n) is 10.8. The van der Waals surface area contributed by atoms with Crippen LogP contribution in [-0.4, -0.2) is 0 Å². The smallest absolute Gasteiger partial charge is 0.216 e. The van der Waals surface area contributed by atoms with Crippen LogP contribution in [0.2, 0.25) is 0 Å². The molecular weight excluding hydrogens is 344 g/mol. The highest BCUT2D eigenvalue weighted by Gasteiger charge is 2.24. The Hall–Kier alpha value is -3.12. The van der Waals surface area contributed by atoms with Crippen molar-refractivity contribution in [1.82, 2.24) is 0 Å². The lowest BCUT2D eigenvalue weighted by Crippen LogP contribution is -2.35. The predicted molar refractivity (Wildman–Crippen MR) is 115 cm³/mol. The molecule has 140 valence electrons. The standard InChI is InChI=1S/C25H25N2O/c1-14(2)18-11-17(5)27(7)21(12-18)24-16(4)10-15(3)23-20-9-8-19(26-6)13-22(20)28-25(23)24/h8-14H,1-5,7H3/q+1/i11D,12D,14D. The van der Waals surface area contributed by atoms with E-state index in [-0.39, 0.29) is 12.1 Å². The van der Waals surface area contributed by atoms with Crippen LogP contribution in [-0.2, 0) is 7.05 Å². The van der Waals surface area contributed by atoms with Crippen LogP contribution in [0.3, 0.4) is 0 Å². The molecule has 0 unspecified atom stereocenters. The fourth-order valence-corrected chi connectivity index (χ4v) is 3.81. The van der Waals surface area contributed by atoms with Crippen LogP contribution in [0.4, 0.5) is 5.69 Å². The lowest BCUT2D eigenvalue weighted by atomic mass is 9.94. The lowest BCUT2D eigenvalue weighted by molar-refractivity contribution is -0.666. The quantitative estimate of drug-likeness (QED) is 0.284. The van der Waals surface area contributed by atoms with E-state index < -0.39 is 5.89 Å². The Morgan fingerprint density at radius 2 is 1.89 bits per heavy atom. The zero-order valence-corrected chi connectivity index (χ0v) is 17.1. The van der Waals surface area contributed by atoms with E-state index in [4.69, 9.17) is 15.1 Å². The third kappa shape index (κ3) is 2.68. The van der Waals surface area contributed by atoms with Gasteiger partial charge in [0.1, 0.15) is 18.2 Å². The Balaban J connectivity index is 2.22. The second-order valence-corrected chi connectivity index (χ2v) is 7.60. The van der Waals surface area contributed by atoms with Crippen LogP contribution in [0.25, 0.3) is 38.0 Å². The van der Waals surface area contributed by atoms with Gasteiger partial charge in [0.25, 0.3) is 0 Å². The number of benzene rings is 2. The minimum absolute atomic E-state index is 0.175. The zero-order valence-electron chi connectivity index (χ0n) is 20.1. The number of pyridine rings is 1. The third-order valence-corrected chi connectivity index (χ3v) is 5.38. The van der Waals surface area contributed by atoms with E-state index in [9.17, 15) is 0 Å². The SMILES string of the molecule is [2H]c1c(C([2H])(C)C)c([2H])c(-c2c(C)cc(C)c3c2oc2cc([N+]#[C-])ccc23)[n+](C)c1C. The van der Waals surface area contributed by atoms with Gasteiger partial charge in [-0.2, -0.15) is 4.57 Å². The average Bonchev–Trinajstić information content (AvgIpc) is 3.06. The van der Waals surface area contributed by atoms with E-state index in [1.807, 2.05) is 38.5 Å². The average molecular weight is 373 g/mol. The van der Waals surface area contributed by atoms with E-state index in [2.05, 4.69) is 10.9 Å². The van der Waals surface area contributed by atoms with Gasteiger partial charge in [-0.05, 0) is 42.5 Å². The summed E-state index contributed by atoms with van der Waals surface area (Å²) in [7, 11) is 1.85. The van der Waals surface area contributed by atoms with Crippen molar-refractivity contribution in [2.24, 2.45) is 7.05 Å². The van der Waals surface area contributed by atoms with Crippen molar-refractivity contribution >= 4 is 27.6 Å². The van der Waals surface area contributed by atoms with Crippen LogP contribution in [0.5, 0.6) is 0 Å². The number of aromatic nitrogens is 1. The van der Waals surface area contributed by atoms with Gasteiger partial charge in [0.05, 0.1) is 14.9 Å². The number of hydrogen-bond acceptors (Lipinski definition) is 1. The van der Waals surface area contributed by atoms with Crippen molar-refractivity contribution in [2.45, 2.75) is 40.5 Å². The number of rotatable bonds is 2. The minimum atomic E-state index is -1.09. The summed E-state index contributed by atoms with van der Waals surface area (Å²) < 4.78 is 34.3. The molecule has 0 spiro atoms. The molecule has 0 aliphatic rings. The highest BCUT2D eigenvalue weighted by Crippen LogP contribution is 2.40. The highest BCUT2D eigenvalue weighted by molar-refractivity contribution is 6.12. The van der Waals surface area contributed by atoms with Gasteiger partial charge in [0.15, 0.2) is 11.4 Å². The maximum absolute atomic E-state index is 9.00. The minimum Gasteiger partial charge on any atom is -0.456 e. The molecule has 4 aromatic rings. The second kappa shape index (κ2) is 6.49. The Labute approximate surface area is 170 Å². The molecule has 0 fully saturated rings. The van der Waals surface area contributed by atoms with Gasteiger partial charge in [-0.25, -0.2) is 4.85 Å². The summed E-state index contributed by atoms with van der Waals surface area (Å²) >= 11 is 0. The number of furan rings is 1. The van der Waals surface area contributed by atoms with Gasteiger partial charge < -0.3 is 4.42 Å². The molecule has 3 heteroatoms. The molecule has 0 N–H and O–H groups in total. The maximum Gasteiger partial charge on any atom is 0.216 e. The van der Waals surface area contributed by atoms with Gasteiger partial charge in [0.2, 0.25) is 5.69 Å². The third-order valence-electron chi connectivity index (χ3n) is 5.38. The summed E-state index contributed by atoms with van der Waals surface area (Å²) in [5.41, 5.74) is 6.38. The first kappa shape index (κ1) is 14.9. The van der Waals surface area contributed by atoms with Gasteiger partial charge in [0, 0.05) is 31.2 Å². The Bertz CT molecular complexity index is 1440.